The van der Waals surface area contributed by atoms with Gasteiger partial charge in [0.1, 0.15) is 5.52 Å². The number of hydrogen-bond donors (Lipinski definition) is 0. The van der Waals surface area contributed by atoms with Crippen molar-refractivity contribution in [2.75, 3.05) is 0 Å². The Labute approximate surface area is 211 Å². The van der Waals surface area contributed by atoms with E-state index in [1.807, 2.05) is 66.9 Å². The van der Waals surface area contributed by atoms with Crippen molar-refractivity contribution >= 4 is 44.5 Å². The number of aliphatic imine (C=N–C) groups is 1. The largest absolute Gasteiger partial charge is 0.436 e. The summed E-state index contributed by atoms with van der Waals surface area (Å²) in [4.78, 5) is 23.6. The topological polar surface area (TPSA) is 55.5 Å². The molecule has 0 saturated carbocycles. The molecule has 0 amide bonds. The molecule has 4 nitrogen and oxygen atoms in total. The van der Waals surface area contributed by atoms with Gasteiger partial charge >= 0.3 is 0 Å². The van der Waals surface area contributed by atoms with Crippen molar-refractivity contribution < 1.29 is 9.21 Å². The van der Waals surface area contributed by atoms with Gasteiger partial charge < -0.3 is 4.42 Å². The van der Waals surface area contributed by atoms with Crippen LogP contribution in [0.3, 0.4) is 0 Å². The van der Waals surface area contributed by atoms with Crippen LogP contribution in [0.5, 0.6) is 0 Å². The van der Waals surface area contributed by atoms with Gasteiger partial charge in [-0.2, -0.15) is 0 Å². The summed E-state index contributed by atoms with van der Waals surface area (Å²) in [6.07, 6.45) is 2.22. The van der Waals surface area contributed by atoms with Crippen molar-refractivity contribution in [3.05, 3.63) is 113 Å². The van der Waals surface area contributed by atoms with E-state index in [0.717, 1.165) is 38.9 Å². The van der Waals surface area contributed by atoms with Gasteiger partial charge in [0.2, 0.25) is 5.89 Å². The van der Waals surface area contributed by atoms with Gasteiger partial charge in [0.05, 0.1) is 6.54 Å². The van der Waals surface area contributed by atoms with E-state index in [0.29, 0.717) is 18.9 Å². The van der Waals surface area contributed by atoms with Crippen molar-refractivity contribution in [2.45, 2.75) is 13.0 Å². The molecule has 0 aliphatic carbocycles. The average molecular weight is 485 g/mol. The molecule has 0 radical (unpaired) electrons. The quantitative estimate of drug-likeness (QED) is 0.235. The summed E-state index contributed by atoms with van der Waals surface area (Å²) in [6, 6.07) is 30.2. The van der Waals surface area contributed by atoms with Gasteiger partial charge in [-0.1, -0.05) is 42.5 Å². The van der Waals surface area contributed by atoms with Crippen LogP contribution in [0, 0.1) is 0 Å². The van der Waals surface area contributed by atoms with Crippen molar-refractivity contribution in [1.82, 2.24) is 4.98 Å². The third-order valence-corrected chi connectivity index (χ3v) is 7.79. The number of fused-ring (bicyclic) bond motifs is 3. The molecule has 1 aliphatic rings. The van der Waals surface area contributed by atoms with Gasteiger partial charge in [-0.25, -0.2) is 4.98 Å². The molecule has 0 bridgehead atoms. The summed E-state index contributed by atoms with van der Waals surface area (Å²) in [6.45, 7) is 0.657. The second kappa shape index (κ2) is 8.40. The Balaban J connectivity index is 1.18. The number of rotatable bonds is 5. The molecule has 5 heteroatoms. The highest BCUT2D eigenvalue weighted by Gasteiger charge is 2.19. The Morgan fingerprint density at radius 3 is 2.61 bits per heavy atom. The van der Waals surface area contributed by atoms with Crippen LogP contribution in [-0.2, 0) is 13.0 Å². The molecule has 6 aromatic rings. The van der Waals surface area contributed by atoms with Gasteiger partial charge in [0.25, 0.3) is 0 Å². The first-order valence-electron chi connectivity index (χ1n) is 11.8. The molecule has 0 N–H and O–H groups in total. The average Bonchev–Trinajstić information content (AvgIpc) is 3.66. The van der Waals surface area contributed by atoms with Gasteiger partial charge in [0, 0.05) is 33.3 Å². The van der Waals surface area contributed by atoms with Crippen molar-refractivity contribution in [3.8, 4) is 21.9 Å². The van der Waals surface area contributed by atoms with Crippen LogP contribution < -0.4 is 0 Å². The number of carbonyl (C=O) groups excluding carboxylic acids is 1. The summed E-state index contributed by atoms with van der Waals surface area (Å²) in [5.41, 5.74) is 7.52. The summed E-state index contributed by atoms with van der Waals surface area (Å²) < 4.78 is 7.12. The lowest BCUT2D eigenvalue weighted by molar-refractivity contribution is 0.0993. The summed E-state index contributed by atoms with van der Waals surface area (Å²) in [5, 5.41) is 1.22. The lowest BCUT2D eigenvalue weighted by Crippen LogP contribution is -2.05. The first kappa shape index (κ1) is 21.0. The number of benzene rings is 4. The molecule has 0 saturated heterocycles. The number of aromatic nitrogens is 1. The summed E-state index contributed by atoms with van der Waals surface area (Å²) in [5.74, 6) is 0.676. The highest BCUT2D eigenvalue weighted by molar-refractivity contribution is 7.22. The van der Waals surface area contributed by atoms with Crippen LogP contribution in [0.1, 0.15) is 27.0 Å². The zero-order valence-corrected chi connectivity index (χ0v) is 20.1. The van der Waals surface area contributed by atoms with Crippen LogP contribution >= 0.6 is 11.3 Å². The zero-order valence-electron chi connectivity index (χ0n) is 19.3. The van der Waals surface area contributed by atoms with Crippen LogP contribution in [0.2, 0.25) is 0 Å². The maximum atomic E-state index is 13.4. The molecule has 7 rings (SSSR count). The highest BCUT2D eigenvalue weighted by Crippen LogP contribution is 2.38. The van der Waals surface area contributed by atoms with E-state index >= 15 is 0 Å². The normalized spacial score (nSPS) is 12.4. The molecule has 0 atom stereocenters. The lowest BCUT2D eigenvalue weighted by Gasteiger charge is -2.10. The standard InChI is InChI=1S/C31H20N2O2S/c34-27(13-19-9-11-20(12-10-19)31-33-26-6-2-3-7-28(26)35-31)22-14-23-17-32-18-25(23)24(15-22)30-16-21-5-1-4-8-29(21)36-30/h1-12,14-17H,13,18H2. The minimum atomic E-state index is 0.0927. The van der Waals surface area contributed by atoms with E-state index in [4.69, 9.17) is 4.42 Å². The van der Waals surface area contributed by atoms with E-state index in [1.54, 1.807) is 11.3 Å². The van der Waals surface area contributed by atoms with Gasteiger partial charge in [-0.05, 0) is 76.2 Å². The van der Waals surface area contributed by atoms with Crippen LogP contribution in [-0.4, -0.2) is 17.0 Å². The second-order valence-electron chi connectivity index (χ2n) is 8.99. The van der Waals surface area contributed by atoms with E-state index in [2.05, 4.69) is 40.3 Å². The van der Waals surface area contributed by atoms with Gasteiger partial charge in [0.15, 0.2) is 11.4 Å². The molecule has 1 aliphatic heterocycles. The second-order valence-corrected chi connectivity index (χ2v) is 10.1. The minimum Gasteiger partial charge on any atom is -0.436 e. The smallest absolute Gasteiger partial charge is 0.227 e. The fraction of sp³-hybridized carbons (Fsp3) is 0.0645. The Morgan fingerprint density at radius 2 is 1.75 bits per heavy atom. The van der Waals surface area contributed by atoms with E-state index in [9.17, 15) is 4.79 Å². The molecule has 172 valence electrons. The summed E-state index contributed by atoms with van der Waals surface area (Å²) >= 11 is 1.76. The molecular formula is C31H20N2O2S. The number of oxazole rings is 1. The lowest BCUT2D eigenvalue weighted by atomic mass is 9.94. The predicted molar refractivity (Wildman–Crippen MR) is 146 cm³/mol. The Morgan fingerprint density at radius 1 is 0.917 bits per heavy atom. The van der Waals surface area contributed by atoms with Gasteiger partial charge in [-0.3, -0.25) is 9.79 Å². The molecule has 0 spiro atoms. The number of ketones is 1. The number of Topliss-reactive ketones (excluding diaryl/α,β-unsaturated/α-hetero) is 1. The maximum Gasteiger partial charge on any atom is 0.227 e. The SMILES string of the molecule is O=C(Cc1ccc(-c2nc3ccccc3o2)cc1)c1cc2c(c(-c3cc4ccccc4s3)c1)CN=C2. The fourth-order valence-corrected chi connectivity index (χ4v) is 5.87. The first-order chi connectivity index (χ1) is 17.7. The first-order valence-corrected chi connectivity index (χ1v) is 12.7. The van der Waals surface area contributed by atoms with E-state index < -0.39 is 0 Å². The Kier molecular flexibility index (Phi) is 4.89. The minimum absolute atomic E-state index is 0.0927. The molecule has 3 heterocycles. The van der Waals surface area contributed by atoms with E-state index in [1.165, 1.54) is 20.5 Å². The number of thiophene rings is 1. The monoisotopic (exact) mass is 484 g/mol. The van der Waals surface area contributed by atoms with E-state index in [-0.39, 0.29) is 5.78 Å². The molecule has 4 aromatic carbocycles. The Bertz CT molecular complexity index is 1740. The zero-order chi connectivity index (χ0) is 24.1. The Hall–Kier alpha value is -4.35. The van der Waals surface area contributed by atoms with Crippen LogP contribution in [0.25, 0.3) is 43.1 Å². The number of carbonyl (C=O) groups is 1. The van der Waals surface area contributed by atoms with Crippen LogP contribution in [0.15, 0.2) is 100 Å². The molecule has 0 fully saturated rings. The van der Waals surface area contributed by atoms with Crippen LogP contribution in [0.4, 0.5) is 0 Å². The molecule has 36 heavy (non-hydrogen) atoms. The van der Waals surface area contributed by atoms with Gasteiger partial charge in [-0.15, -0.1) is 11.3 Å². The van der Waals surface area contributed by atoms with Crippen molar-refractivity contribution in [1.29, 1.82) is 0 Å². The summed E-state index contributed by atoms with van der Waals surface area (Å²) in [7, 11) is 0. The maximum absolute atomic E-state index is 13.4. The number of nitrogens with zero attached hydrogens (tertiary/aromatic N) is 2. The predicted octanol–water partition coefficient (Wildman–Crippen LogP) is 7.73. The molecular weight excluding hydrogens is 464 g/mol. The number of hydrogen-bond acceptors (Lipinski definition) is 5. The molecule has 2 aromatic heterocycles. The highest BCUT2D eigenvalue weighted by atomic mass is 32.1. The third kappa shape index (κ3) is 3.65. The number of para-hydroxylation sites is 2. The molecule has 0 unspecified atom stereocenters. The third-order valence-electron chi connectivity index (χ3n) is 6.64. The van der Waals surface area contributed by atoms with Crippen molar-refractivity contribution in [3.63, 3.8) is 0 Å². The fourth-order valence-electron chi connectivity index (χ4n) is 4.77. The van der Waals surface area contributed by atoms with Crippen molar-refractivity contribution in [2.24, 2.45) is 4.99 Å².